The molecule has 3 aromatic rings. The lowest BCUT2D eigenvalue weighted by Crippen LogP contribution is -2.38. The maximum absolute atomic E-state index is 3.79. The average molecular weight is 459 g/mol. The van der Waals surface area contributed by atoms with Gasteiger partial charge in [-0.15, -0.1) is 0 Å². The molecule has 0 amide bonds. The highest BCUT2D eigenvalue weighted by molar-refractivity contribution is 9.10. The molecule has 4 rings (SSSR count). The predicted molar refractivity (Wildman–Crippen MR) is 133 cm³/mol. The van der Waals surface area contributed by atoms with E-state index in [-0.39, 0.29) is 5.41 Å². The largest absolute Gasteiger partial charge is 0.0888 e. The first-order valence-electron chi connectivity index (χ1n) is 11.1. The van der Waals surface area contributed by atoms with Gasteiger partial charge in [0.1, 0.15) is 0 Å². The number of halogens is 1. The Bertz CT molecular complexity index is 1090. The van der Waals surface area contributed by atoms with E-state index in [1.165, 1.54) is 38.9 Å². The van der Waals surface area contributed by atoms with Gasteiger partial charge in [-0.05, 0) is 78.6 Å². The quantitative estimate of drug-likeness (QED) is 0.334. The van der Waals surface area contributed by atoms with Gasteiger partial charge in [0.2, 0.25) is 0 Å². The summed E-state index contributed by atoms with van der Waals surface area (Å²) >= 11 is 3.79. The minimum atomic E-state index is -0.0539. The molecule has 0 saturated heterocycles. The van der Waals surface area contributed by atoms with Gasteiger partial charge in [0.15, 0.2) is 0 Å². The van der Waals surface area contributed by atoms with Crippen molar-refractivity contribution in [1.82, 2.24) is 0 Å². The van der Waals surface area contributed by atoms with Crippen LogP contribution in [0.15, 0.2) is 77.3 Å². The van der Waals surface area contributed by atoms with Gasteiger partial charge in [0.05, 0.1) is 0 Å². The highest BCUT2D eigenvalue weighted by Crippen LogP contribution is 2.58. The van der Waals surface area contributed by atoms with E-state index in [1.54, 1.807) is 0 Å². The first-order valence-corrected chi connectivity index (χ1v) is 11.9. The zero-order chi connectivity index (χ0) is 21.3. The molecule has 154 valence electrons. The van der Waals surface area contributed by atoms with Crippen LogP contribution in [0.1, 0.15) is 66.8 Å². The normalized spacial score (nSPS) is 20.2. The van der Waals surface area contributed by atoms with Crippen LogP contribution < -0.4 is 0 Å². The van der Waals surface area contributed by atoms with E-state index < -0.39 is 0 Å². The van der Waals surface area contributed by atoms with Crippen LogP contribution in [-0.4, -0.2) is 0 Å². The van der Waals surface area contributed by atoms with Crippen LogP contribution in [0.2, 0.25) is 0 Å². The van der Waals surface area contributed by atoms with E-state index in [0.717, 1.165) is 23.7 Å². The van der Waals surface area contributed by atoms with Gasteiger partial charge < -0.3 is 0 Å². The number of hydrogen-bond acceptors (Lipinski definition) is 0. The summed E-state index contributed by atoms with van der Waals surface area (Å²) in [4.78, 5) is 0. The van der Waals surface area contributed by atoms with Crippen molar-refractivity contribution >= 4 is 15.9 Å². The third-order valence-corrected chi connectivity index (χ3v) is 7.38. The van der Waals surface area contributed by atoms with Crippen molar-refractivity contribution in [3.05, 3.63) is 105 Å². The first-order chi connectivity index (χ1) is 14.5. The SMILES string of the molecule is CC/C=C\C[C@H]1c2ccccc2-c2ccc(Br)cc2C1(CC)c1cc(C)ccc1C. The Morgan fingerprint density at radius 3 is 2.43 bits per heavy atom. The van der Waals surface area contributed by atoms with Crippen LogP contribution in [0.25, 0.3) is 11.1 Å². The van der Waals surface area contributed by atoms with E-state index >= 15 is 0 Å². The molecule has 3 aromatic carbocycles. The van der Waals surface area contributed by atoms with Crippen LogP contribution in [0.3, 0.4) is 0 Å². The molecule has 1 heteroatoms. The maximum atomic E-state index is 3.79. The van der Waals surface area contributed by atoms with Crippen molar-refractivity contribution in [3.8, 4) is 11.1 Å². The highest BCUT2D eigenvalue weighted by Gasteiger charge is 2.46. The van der Waals surface area contributed by atoms with Gasteiger partial charge in [0, 0.05) is 15.8 Å². The number of hydrogen-bond donors (Lipinski definition) is 0. The first kappa shape index (κ1) is 21.1. The summed E-state index contributed by atoms with van der Waals surface area (Å²) in [6, 6.07) is 22.9. The fraction of sp³-hybridized carbons (Fsp3) is 0.310. The summed E-state index contributed by atoms with van der Waals surface area (Å²) in [5, 5.41) is 0. The summed E-state index contributed by atoms with van der Waals surface area (Å²) in [7, 11) is 0. The summed E-state index contributed by atoms with van der Waals surface area (Å²) in [5.41, 5.74) is 9.86. The molecule has 0 aliphatic heterocycles. The number of benzene rings is 3. The van der Waals surface area contributed by atoms with Gasteiger partial charge in [-0.1, -0.05) is 96.0 Å². The summed E-state index contributed by atoms with van der Waals surface area (Å²) < 4.78 is 1.16. The Hall–Kier alpha value is -2.12. The van der Waals surface area contributed by atoms with Crippen LogP contribution >= 0.6 is 15.9 Å². The maximum Gasteiger partial charge on any atom is 0.0281 e. The van der Waals surface area contributed by atoms with Crippen molar-refractivity contribution in [2.75, 3.05) is 0 Å². The Balaban J connectivity index is 2.10. The van der Waals surface area contributed by atoms with Crippen molar-refractivity contribution in [2.45, 2.75) is 58.3 Å². The van der Waals surface area contributed by atoms with Crippen LogP contribution in [0.5, 0.6) is 0 Å². The van der Waals surface area contributed by atoms with Crippen molar-refractivity contribution in [1.29, 1.82) is 0 Å². The average Bonchev–Trinajstić information content (AvgIpc) is 2.76. The topological polar surface area (TPSA) is 0 Å². The molecule has 0 aromatic heterocycles. The fourth-order valence-corrected chi connectivity index (χ4v) is 5.88. The molecule has 30 heavy (non-hydrogen) atoms. The smallest absolute Gasteiger partial charge is 0.0281 e. The number of allylic oxidation sites excluding steroid dienone is 2. The molecule has 0 saturated carbocycles. The predicted octanol–water partition coefficient (Wildman–Crippen LogP) is 8.88. The molecule has 1 unspecified atom stereocenters. The Morgan fingerprint density at radius 1 is 0.867 bits per heavy atom. The minimum Gasteiger partial charge on any atom is -0.0888 e. The molecule has 0 N–H and O–H groups in total. The number of aryl methyl sites for hydroxylation is 2. The zero-order valence-electron chi connectivity index (χ0n) is 18.5. The molecular weight excluding hydrogens is 428 g/mol. The van der Waals surface area contributed by atoms with Crippen molar-refractivity contribution < 1.29 is 0 Å². The summed E-state index contributed by atoms with van der Waals surface area (Å²) in [6.07, 6.45) is 7.93. The van der Waals surface area contributed by atoms with E-state index in [0.29, 0.717) is 5.92 Å². The standard InChI is InChI=1S/C29H31Br/c1-5-7-8-13-26-24-12-10-9-11-23(24)25-17-16-22(30)19-28(25)29(26,6-2)27-18-20(3)14-15-21(27)4/h7-12,14-19,26H,5-6,13H2,1-4H3/b8-7-/t26-,29?/m0/s1. The van der Waals surface area contributed by atoms with Crippen LogP contribution in [-0.2, 0) is 5.41 Å². The van der Waals surface area contributed by atoms with Gasteiger partial charge in [-0.2, -0.15) is 0 Å². The Kier molecular flexibility index (Phi) is 6.02. The molecule has 0 fully saturated rings. The molecule has 1 aliphatic carbocycles. The lowest BCUT2D eigenvalue weighted by Gasteiger charge is -2.47. The highest BCUT2D eigenvalue weighted by atomic mass is 79.9. The minimum absolute atomic E-state index is 0.0539. The fourth-order valence-electron chi connectivity index (χ4n) is 5.52. The molecule has 1 aliphatic rings. The van der Waals surface area contributed by atoms with Gasteiger partial charge >= 0.3 is 0 Å². The Labute approximate surface area is 190 Å². The third-order valence-electron chi connectivity index (χ3n) is 6.89. The van der Waals surface area contributed by atoms with Crippen molar-refractivity contribution in [3.63, 3.8) is 0 Å². The monoisotopic (exact) mass is 458 g/mol. The third kappa shape index (κ3) is 3.38. The van der Waals surface area contributed by atoms with Gasteiger partial charge in [-0.25, -0.2) is 0 Å². The van der Waals surface area contributed by atoms with Crippen molar-refractivity contribution in [2.24, 2.45) is 0 Å². The van der Waals surface area contributed by atoms with Crippen LogP contribution in [0.4, 0.5) is 0 Å². The molecule has 0 nitrogen and oxygen atoms in total. The number of rotatable bonds is 5. The molecule has 0 spiro atoms. The summed E-state index contributed by atoms with van der Waals surface area (Å²) in [6.45, 7) is 9.09. The van der Waals surface area contributed by atoms with Gasteiger partial charge in [0.25, 0.3) is 0 Å². The van der Waals surface area contributed by atoms with Crippen LogP contribution in [0, 0.1) is 13.8 Å². The molecule has 0 radical (unpaired) electrons. The van der Waals surface area contributed by atoms with E-state index in [1.807, 2.05) is 0 Å². The Morgan fingerprint density at radius 2 is 1.67 bits per heavy atom. The molecular formula is C29H31Br. The molecule has 0 heterocycles. The lowest BCUT2D eigenvalue weighted by molar-refractivity contribution is 0.389. The second kappa shape index (κ2) is 8.55. The second-order valence-corrected chi connectivity index (χ2v) is 9.50. The van der Waals surface area contributed by atoms with E-state index in [4.69, 9.17) is 0 Å². The number of fused-ring (bicyclic) bond motifs is 3. The lowest BCUT2D eigenvalue weighted by atomic mass is 9.55. The molecule has 2 atom stereocenters. The zero-order valence-corrected chi connectivity index (χ0v) is 20.1. The summed E-state index contributed by atoms with van der Waals surface area (Å²) in [5.74, 6) is 0.406. The molecule has 0 bridgehead atoms. The van der Waals surface area contributed by atoms with E-state index in [9.17, 15) is 0 Å². The van der Waals surface area contributed by atoms with E-state index in [2.05, 4.69) is 116 Å². The second-order valence-electron chi connectivity index (χ2n) is 8.59. The van der Waals surface area contributed by atoms with Gasteiger partial charge in [-0.3, -0.25) is 0 Å².